The Hall–Kier alpha value is -1.26. The second-order valence-electron chi connectivity index (χ2n) is 5.57. The van der Waals surface area contributed by atoms with E-state index in [-0.39, 0.29) is 0 Å². The fraction of sp³-hybridized carbons (Fsp3) is 0.533. The Balaban J connectivity index is 1.88. The van der Waals surface area contributed by atoms with E-state index in [9.17, 15) is 9.90 Å². The minimum atomic E-state index is -0.909. The molecule has 3 rings (SSSR count). The van der Waals surface area contributed by atoms with Gasteiger partial charge in [-0.15, -0.1) is 0 Å². The highest BCUT2D eigenvalue weighted by Gasteiger charge is 2.31. The average Bonchev–Trinajstić information content (AvgIpc) is 2.46. The summed E-state index contributed by atoms with van der Waals surface area (Å²) in [5, 5.41) is 9.89. The molecule has 2 heterocycles. The summed E-state index contributed by atoms with van der Waals surface area (Å²) in [6.45, 7) is 3.90. The van der Waals surface area contributed by atoms with E-state index < -0.39 is 5.97 Å². The standard InChI is InChI=1S/C15H19ClN2O2/c16-13-6-3-5-12(15(19)20)14(13)18-9-8-17-7-2-1-4-11(17)10-18/h3,5-6,11H,1-2,4,7-10H2,(H,19,20). The first-order chi connectivity index (χ1) is 9.66. The molecule has 0 radical (unpaired) electrons. The number of para-hydroxylation sites is 1. The third-order valence-electron chi connectivity index (χ3n) is 4.37. The SMILES string of the molecule is O=C(O)c1cccc(Cl)c1N1CCN2CCCCC2C1. The number of halogens is 1. The van der Waals surface area contributed by atoms with Gasteiger partial charge in [0.05, 0.1) is 16.3 Å². The predicted molar refractivity (Wildman–Crippen MR) is 79.8 cm³/mol. The minimum Gasteiger partial charge on any atom is -0.478 e. The number of carbonyl (C=O) groups is 1. The zero-order chi connectivity index (χ0) is 14.1. The third-order valence-corrected chi connectivity index (χ3v) is 4.68. The average molecular weight is 295 g/mol. The van der Waals surface area contributed by atoms with Crippen molar-refractivity contribution in [3.05, 3.63) is 28.8 Å². The molecule has 2 saturated heterocycles. The highest BCUT2D eigenvalue weighted by molar-refractivity contribution is 6.34. The molecule has 0 spiro atoms. The number of nitrogens with zero attached hydrogens (tertiary/aromatic N) is 2. The number of hydrogen-bond acceptors (Lipinski definition) is 3. The van der Waals surface area contributed by atoms with Crippen molar-refractivity contribution >= 4 is 23.3 Å². The first-order valence-corrected chi connectivity index (χ1v) is 7.55. The van der Waals surface area contributed by atoms with Crippen LogP contribution in [0.15, 0.2) is 18.2 Å². The molecule has 5 heteroatoms. The van der Waals surface area contributed by atoms with Crippen molar-refractivity contribution < 1.29 is 9.90 Å². The lowest BCUT2D eigenvalue weighted by molar-refractivity contribution is 0.0696. The minimum absolute atomic E-state index is 0.307. The quantitative estimate of drug-likeness (QED) is 0.911. The van der Waals surface area contributed by atoms with E-state index in [4.69, 9.17) is 11.6 Å². The molecule has 4 nitrogen and oxygen atoms in total. The van der Waals surface area contributed by atoms with Crippen LogP contribution in [0.2, 0.25) is 5.02 Å². The summed E-state index contributed by atoms with van der Waals surface area (Å²) in [6.07, 6.45) is 3.75. The van der Waals surface area contributed by atoms with Crippen molar-refractivity contribution in [3.8, 4) is 0 Å². The maximum absolute atomic E-state index is 11.4. The molecule has 2 aliphatic rings. The summed E-state index contributed by atoms with van der Waals surface area (Å²) in [5.41, 5.74) is 0.994. The number of piperidine rings is 1. The lowest BCUT2D eigenvalue weighted by Gasteiger charge is -2.45. The number of carboxylic acid groups (broad SMARTS) is 1. The first kappa shape index (κ1) is 13.7. The molecule has 1 atom stereocenters. The molecule has 2 fully saturated rings. The zero-order valence-electron chi connectivity index (χ0n) is 11.4. The van der Waals surface area contributed by atoms with Crippen molar-refractivity contribution in [1.29, 1.82) is 0 Å². The number of rotatable bonds is 2. The van der Waals surface area contributed by atoms with Gasteiger partial charge < -0.3 is 10.0 Å². The largest absolute Gasteiger partial charge is 0.478 e. The Kier molecular flexibility index (Phi) is 3.85. The summed E-state index contributed by atoms with van der Waals surface area (Å²) >= 11 is 6.26. The topological polar surface area (TPSA) is 43.8 Å². The van der Waals surface area contributed by atoms with Gasteiger partial charge in [0.1, 0.15) is 0 Å². The molecule has 0 bridgehead atoms. The molecule has 0 aliphatic carbocycles. The maximum atomic E-state index is 11.4. The molecule has 0 aromatic heterocycles. The van der Waals surface area contributed by atoms with Gasteiger partial charge in [-0.2, -0.15) is 0 Å². The van der Waals surface area contributed by atoms with E-state index >= 15 is 0 Å². The summed E-state index contributed by atoms with van der Waals surface area (Å²) < 4.78 is 0. The Morgan fingerprint density at radius 1 is 1.25 bits per heavy atom. The smallest absolute Gasteiger partial charge is 0.337 e. The summed E-state index contributed by atoms with van der Waals surface area (Å²) in [4.78, 5) is 16.1. The molecular formula is C15H19ClN2O2. The van der Waals surface area contributed by atoms with Gasteiger partial charge in [0.15, 0.2) is 0 Å². The van der Waals surface area contributed by atoms with Gasteiger partial charge in [0.2, 0.25) is 0 Å². The van der Waals surface area contributed by atoms with Crippen LogP contribution in [0, 0.1) is 0 Å². The van der Waals surface area contributed by atoms with Crippen LogP contribution in [0.5, 0.6) is 0 Å². The maximum Gasteiger partial charge on any atom is 0.337 e. The van der Waals surface area contributed by atoms with Gasteiger partial charge in [-0.3, -0.25) is 4.90 Å². The first-order valence-electron chi connectivity index (χ1n) is 7.17. The number of anilines is 1. The number of carboxylic acids is 1. The molecular weight excluding hydrogens is 276 g/mol. The molecule has 1 unspecified atom stereocenters. The molecule has 1 N–H and O–H groups in total. The van der Waals surface area contributed by atoms with Crippen LogP contribution < -0.4 is 4.90 Å². The molecule has 108 valence electrons. The van der Waals surface area contributed by atoms with Crippen LogP contribution in [-0.4, -0.2) is 48.2 Å². The summed E-state index contributed by atoms with van der Waals surface area (Å²) in [7, 11) is 0. The normalized spacial score (nSPS) is 23.4. The number of piperazine rings is 1. The fourth-order valence-corrected chi connectivity index (χ4v) is 3.66. The van der Waals surface area contributed by atoms with Gasteiger partial charge in [-0.25, -0.2) is 4.79 Å². The molecule has 0 saturated carbocycles. The Morgan fingerprint density at radius 3 is 2.90 bits per heavy atom. The van der Waals surface area contributed by atoms with Crippen LogP contribution in [-0.2, 0) is 0 Å². The van der Waals surface area contributed by atoms with Gasteiger partial charge in [0.25, 0.3) is 0 Å². The van der Waals surface area contributed by atoms with Crippen molar-refractivity contribution in [3.63, 3.8) is 0 Å². The zero-order valence-corrected chi connectivity index (χ0v) is 12.1. The van der Waals surface area contributed by atoms with Crippen LogP contribution in [0.25, 0.3) is 0 Å². The summed E-state index contributed by atoms with van der Waals surface area (Å²) in [6, 6.07) is 5.65. The highest BCUT2D eigenvalue weighted by Crippen LogP contribution is 2.33. The predicted octanol–water partition coefficient (Wildman–Crippen LogP) is 2.71. The van der Waals surface area contributed by atoms with Gasteiger partial charge in [0, 0.05) is 25.7 Å². The van der Waals surface area contributed by atoms with Crippen molar-refractivity contribution in [1.82, 2.24) is 4.90 Å². The van der Waals surface area contributed by atoms with E-state index in [2.05, 4.69) is 9.80 Å². The molecule has 20 heavy (non-hydrogen) atoms. The van der Waals surface area contributed by atoms with Crippen LogP contribution >= 0.6 is 11.6 Å². The van der Waals surface area contributed by atoms with Gasteiger partial charge >= 0.3 is 5.97 Å². The highest BCUT2D eigenvalue weighted by atomic mass is 35.5. The monoisotopic (exact) mass is 294 g/mol. The molecule has 1 aromatic carbocycles. The Labute approximate surface area is 123 Å². The van der Waals surface area contributed by atoms with E-state index in [1.54, 1.807) is 18.2 Å². The van der Waals surface area contributed by atoms with Crippen molar-refractivity contribution in [2.45, 2.75) is 25.3 Å². The number of hydrogen-bond donors (Lipinski definition) is 1. The van der Waals surface area contributed by atoms with Crippen molar-refractivity contribution in [2.75, 3.05) is 31.1 Å². The number of aromatic carboxylic acids is 1. The molecule has 0 amide bonds. The van der Waals surface area contributed by atoms with Crippen LogP contribution in [0.1, 0.15) is 29.6 Å². The number of benzene rings is 1. The Bertz CT molecular complexity index is 521. The molecule has 1 aromatic rings. The second kappa shape index (κ2) is 5.62. The van der Waals surface area contributed by atoms with E-state index in [0.29, 0.717) is 22.3 Å². The lowest BCUT2D eigenvalue weighted by atomic mass is 9.98. The van der Waals surface area contributed by atoms with Crippen molar-refractivity contribution in [2.24, 2.45) is 0 Å². The van der Waals surface area contributed by atoms with E-state index in [0.717, 1.165) is 19.6 Å². The summed E-state index contributed by atoms with van der Waals surface area (Å²) in [5.74, 6) is -0.909. The fourth-order valence-electron chi connectivity index (χ4n) is 3.37. The second-order valence-corrected chi connectivity index (χ2v) is 5.98. The van der Waals surface area contributed by atoms with Crippen LogP contribution in [0.3, 0.4) is 0 Å². The van der Waals surface area contributed by atoms with Crippen LogP contribution in [0.4, 0.5) is 5.69 Å². The third kappa shape index (κ3) is 2.50. The molecule has 2 aliphatic heterocycles. The van der Waals surface area contributed by atoms with E-state index in [1.165, 1.54) is 25.8 Å². The van der Waals surface area contributed by atoms with Gasteiger partial charge in [-0.1, -0.05) is 24.1 Å². The van der Waals surface area contributed by atoms with Gasteiger partial charge in [-0.05, 0) is 31.5 Å². The number of fused-ring (bicyclic) bond motifs is 1. The Morgan fingerprint density at radius 2 is 2.10 bits per heavy atom. The van der Waals surface area contributed by atoms with E-state index in [1.807, 2.05) is 0 Å². The lowest BCUT2D eigenvalue weighted by Crippen LogP contribution is -2.55.